The molecular weight excluding hydrogens is 588 g/mol. The lowest BCUT2D eigenvalue weighted by Gasteiger charge is -2.38. The number of imidazole rings is 1. The van der Waals surface area contributed by atoms with Crippen LogP contribution in [0.3, 0.4) is 0 Å². The van der Waals surface area contributed by atoms with Gasteiger partial charge in [-0.15, -0.1) is 0 Å². The van der Waals surface area contributed by atoms with Gasteiger partial charge in [-0.2, -0.15) is 9.97 Å². The Balaban J connectivity index is 1.31. The molecule has 5 rings (SSSR count). The lowest BCUT2D eigenvalue weighted by atomic mass is 9.85. The summed E-state index contributed by atoms with van der Waals surface area (Å²) in [6.07, 6.45) is -0.232. The Kier molecular flexibility index (Phi) is 11.9. The number of halogens is 2. The van der Waals surface area contributed by atoms with Crippen molar-refractivity contribution in [1.82, 2.24) is 24.4 Å². The summed E-state index contributed by atoms with van der Waals surface area (Å²) in [6.45, 7) is 3.88. The van der Waals surface area contributed by atoms with Gasteiger partial charge in [-0.25, -0.2) is 13.8 Å². The zero-order valence-corrected chi connectivity index (χ0v) is 25.8. The molecule has 0 radical (unpaired) electrons. The molecule has 3 heterocycles. The number of para-hydroxylation sites is 2. The van der Waals surface area contributed by atoms with Crippen molar-refractivity contribution in [1.29, 1.82) is 0 Å². The monoisotopic (exact) mass is 633 g/mol. The fraction of sp³-hybridized carbons (Fsp3) is 0.645. The quantitative estimate of drug-likeness (QED) is 0.196. The Morgan fingerprint density at radius 3 is 2.44 bits per heavy atom. The number of rotatable bonds is 15. The van der Waals surface area contributed by atoms with Gasteiger partial charge >= 0.3 is 0 Å². The number of aliphatic hydroxyl groups excluding tert-OH is 3. The van der Waals surface area contributed by atoms with Crippen LogP contribution in [0.2, 0.25) is 0 Å². The normalized spacial score (nSPS) is 20.7. The number of aliphatic hydroxyl groups is 3. The number of hydrogen-bond donors (Lipinski definition) is 4. The number of aromatic nitrogens is 4. The van der Waals surface area contributed by atoms with Crippen molar-refractivity contribution < 1.29 is 33.6 Å². The van der Waals surface area contributed by atoms with Gasteiger partial charge in [-0.05, 0) is 50.2 Å². The lowest BCUT2D eigenvalue weighted by Crippen LogP contribution is -2.47. The van der Waals surface area contributed by atoms with Crippen molar-refractivity contribution >= 4 is 22.8 Å². The first kappa shape index (κ1) is 33.4. The Labute approximate surface area is 262 Å². The summed E-state index contributed by atoms with van der Waals surface area (Å²) in [5, 5.41) is 33.4. The minimum Gasteiger partial charge on any atom is -0.396 e. The number of nitrogens with zero attached hydrogens (tertiary/aromatic N) is 6. The first-order chi connectivity index (χ1) is 21.9. The molecule has 3 aromatic rings. The van der Waals surface area contributed by atoms with Crippen LogP contribution in [0.1, 0.15) is 44.4 Å². The average molecular weight is 634 g/mol. The number of nitrogens with one attached hydrogen (secondary N) is 1. The lowest BCUT2D eigenvalue weighted by molar-refractivity contribution is -0.00231. The SMILES string of the molecule is COCC(O)CN(CC(O)CCO)[C@H]1CC[C@H](CNc2nc(N3CCOCC3)cc(-n3c(C(F)F)nc4ccccc43)n2)CC1. The van der Waals surface area contributed by atoms with Crippen LogP contribution >= 0.6 is 0 Å². The number of morpholine rings is 1. The first-order valence-electron chi connectivity index (χ1n) is 15.8. The van der Waals surface area contributed by atoms with Gasteiger partial charge < -0.3 is 35.0 Å². The van der Waals surface area contributed by atoms with Gasteiger partial charge in [0, 0.05) is 58.5 Å². The van der Waals surface area contributed by atoms with Crippen LogP contribution in [-0.4, -0.2) is 124 Å². The molecule has 2 unspecified atom stereocenters. The van der Waals surface area contributed by atoms with Crippen molar-refractivity contribution in [2.75, 3.05) is 76.5 Å². The molecular formula is C31H45F2N7O5. The first-order valence-corrected chi connectivity index (χ1v) is 15.8. The van der Waals surface area contributed by atoms with E-state index in [1.165, 1.54) is 4.57 Å². The smallest absolute Gasteiger partial charge is 0.296 e. The minimum atomic E-state index is -2.79. The molecule has 0 bridgehead atoms. The number of anilines is 2. The summed E-state index contributed by atoms with van der Waals surface area (Å²) >= 11 is 0. The Hall–Kier alpha value is -3.01. The van der Waals surface area contributed by atoms with E-state index in [0.717, 1.165) is 25.7 Å². The molecule has 1 saturated heterocycles. The highest BCUT2D eigenvalue weighted by molar-refractivity contribution is 5.78. The van der Waals surface area contributed by atoms with E-state index < -0.39 is 18.6 Å². The second kappa shape index (κ2) is 16.0. The predicted molar refractivity (Wildman–Crippen MR) is 166 cm³/mol. The molecule has 14 heteroatoms. The van der Waals surface area contributed by atoms with Crippen LogP contribution in [-0.2, 0) is 9.47 Å². The largest absolute Gasteiger partial charge is 0.396 e. The summed E-state index contributed by atoms with van der Waals surface area (Å²) in [5.74, 6) is 1.30. The second-order valence-corrected chi connectivity index (χ2v) is 11.9. The zero-order chi connectivity index (χ0) is 31.8. The summed E-state index contributed by atoms with van der Waals surface area (Å²) in [6, 6.07) is 8.96. The maximum Gasteiger partial charge on any atom is 0.296 e. The summed E-state index contributed by atoms with van der Waals surface area (Å²) in [7, 11) is 1.55. The van der Waals surface area contributed by atoms with Gasteiger partial charge in [0.2, 0.25) is 5.95 Å². The van der Waals surface area contributed by atoms with Crippen molar-refractivity contribution in [3.8, 4) is 5.82 Å². The fourth-order valence-corrected chi connectivity index (χ4v) is 6.35. The Morgan fingerprint density at radius 1 is 1.02 bits per heavy atom. The van der Waals surface area contributed by atoms with E-state index in [4.69, 9.17) is 19.4 Å². The standard InChI is InChI=1S/C31H45F2N7O5/c1-44-20-24(43)19-39(18-23(42)10-13-41)22-8-6-21(7-9-22)17-34-31-36-27(38-11-14-45-15-12-38)16-28(37-31)40-26-5-3-2-4-25(26)35-30(40)29(32)33/h2-5,16,21-24,29,41-43H,6-15,17-20H2,1H3,(H,34,36,37)/t21-,22-,23?,24?. The van der Waals surface area contributed by atoms with E-state index in [1.807, 2.05) is 0 Å². The third-order valence-corrected chi connectivity index (χ3v) is 8.64. The Morgan fingerprint density at radius 2 is 1.73 bits per heavy atom. The van der Waals surface area contributed by atoms with E-state index in [9.17, 15) is 24.1 Å². The second-order valence-electron chi connectivity index (χ2n) is 11.9. The maximum atomic E-state index is 14.2. The van der Waals surface area contributed by atoms with Crippen LogP contribution in [0.15, 0.2) is 30.3 Å². The van der Waals surface area contributed by atoms with E-state index in [-0.39, 0.29) is 31.5 Å². The van der Waals surface area contributed by atoms with Gasteiger partial charge in [0.25, 0.3) is 6.43 Å². The van der Waals surface area contributed by atoms with Gasteiger partial charge in [0.15, 0.2) is 5.82 Å². The highest BCUT2D eigenvalue weighted by Crippen LogP contribution is 2.31. The molecule has 1 saturated carbocycles. The van der Waals surface area contributed by atoms with Gasteiger partial charge in [-0.1, -0.05) is 12.1 Å². The molecule has 0 amide bonds. The summed E-state index contributed by atoms with van der Waals surface area (Å²) in [5.41, 5.74) is 1.02. The number of hydrogen-bond acceptors (Lipinski definition) is 11. The molecule has 1 aromatic carbocycles. The zero-order valence-electron chi connectivity index (χ0n) is 25.8. The molecule has 12 nitrogen and oxygen atoms in total. The number of ether oxygens (including phenoxy) is 2. The molecule has 0 spiro atoms. The summed E-state index contributed by atoms with van der Waals surface area (Å²) in [4.78, 5) is 17.9. The van der Waals surface area contributed by atoms with E-state index in [0.29, 0.717) is 80.5 Å². The van der Waals surface area contributed by atoms with Crippen molar-refractivity contribution in [2.45, 2.75) is 56.8 Å². The molecule has 2 aromatic heterocycles. The van der Waals surface area contributed by atoms with Crippen LogP contribution < -0.4 is 10.2 Å². The molecule has 1 aliphatic carbocycles. The highest BCUT2D eigenvalue weighted by atomic mass is 19.3. The van der Waals surface area contributed by atoms with Crippen molar-refractivity contribution in [3.63, 3.8) is 0 Å². The van der Waals surface area contributed by atoms with Gasteiger partial charge in [-0.3, -0.25) is 9.47 Å². The number of benzene rings is 1. The van der Waals surface area contributed by atoms with E-state index in [1.54, 1.807) is 37.4 Å². The molecule has 248 valence electrons. The van der Waals surface area contributed by atoms with Gasteiger partial charge in [0.05, 0.1) is 43.1 Å². The third-order valence-electron chi connectivity index (χ3n) is 8.64. The topological polar surface area (TPSA) is 141 Å². The highest BCUT2D eigenvalue weighted by Gasteiger charge is 2.29. The minimum absolute atomic E-state index is 0.0922. The van der Waals surface area contributed by atoms with Crippen molar-refractivity contribution in [2.24, 2.45) is 5.92 Å². The molecule has 2 fully saturated rings. The number of alkyl halides is 2. The summed E-state index contributed by atoms with van der Waals surface area (Å²) < 4.78 is 40.4. The fourth-order valence-electron chi connectivity index (χ4n) is 6.35. The predicted octanol–water partition coefficient (Wildman–Crippen LogP) is 2.61. The van der Waals surface area contributed by atoms with Crippen LogP contribution in [0.5, 0.6) is 0 Å². The molecule has 4 N–H and O–H groups in total. The molecule has 2 atom stereocenters. The molecule has 2 aliphatic rings. The van der Waals surface area contributed by atoms with Crippen LogP contribution in [0.4, 0.5) is 20.5 Å². The van der Waals surface area contributed by atoms with Crippen LogP contribution in [0, 0.1) is 5.92 Å². The van der Waals surface area contributed by atoms with Crippen LogP contribution in [0.25, 0.3) is 16.9 Å². The number of methoxy groups -OCH3 is 1. The Bertz CT molecular complexity index is 1340. The van der Waals surface area contributed by atoms with E-state index >= 15 is 0 Å². The van der Waals surface area contributed by atoms with Gasteiger partial charge in [0.1, 0.15) is 11.6 Å². The maximum absolute atomic E-state index is 14.2. The molecule has 1 aliphatic heterocycles. The van der Waals surface area contributed by atoms with Crippen molar-refractivity contribution in [3.05, 3.63) is 36.2 Å². The third kappa shape index (κ3) is 8.63. The molecule has 45 heavy (non-hydrogen) atoms. The number of fused-ring (bicyclic) bond motifs is 1. The average Bonchev–Trinajstić information content (AvgIpc) is 3.45. The van der Waals surface area contributed by atoms with E-state index in [2.05, 4.69) is 20.1 Å².